The number of rotatable bonds is 4. The third-order valence-electron chi connectivity index (χ3n) is 4.35. The van der Waals surface area contributed by atoms with E-state index in [2.05, 4.69) is 4.90 Å². The van der Waals surface area contributed by atoms with E-state index in [1.807, 2.05) is 30.3 Å². The van der Waals surface area contributed by atoms with Crippen LogP contribution in [0.2, 0.25) is 0 Å². The molecular formula is C19H21FN2O2. The second-order valence-corrected chi connectivity index (χ2v) is 6.03. The van der Waals surface area contributed by atoms with Crippen LogP contribution in [-0.2, 0) is 0 Å². The molecule has 1 aliphatic rings. The highest BCUT2D eigenvalue weighted by molar-refractivity contribution is 5.94. The molecule has 1 fully saturated rings. The predicted octanol–water partition coefficient (Wildman–Crippen LogP) is 2.32. The Balaban J connectivity index is 1.53. The summed E-state index contributed by atoms with van der Waals surface area (Å²) < 4.78 is 13.3. The lowest BCUT2D eigenvalue weighted by Crippen LogP contribution is -2.49. The van der Waals surface area contributed by atoms with Gasteiger partial charge < -0.3 is 10.0 Å². The Bertz CT molecular complexity index is 685. The minimum absolute atomic E-state index is 0.141. The van der Waals surface area contributed by atoms with Crippen molar-refractivity contribution < 1.29 is 14.3 Å². The number of carbonyl (C=O) groups is 1. The molecule has 2 aromatic rings. The van der Waals surface area contributed by atoms with Gasteiger partial charge in [0.25, 0.3) is 5.91 Å². The van der Waals surface area contributed by atoms with Crippen molar-refractivity contribution >= 4 is 5.91 Å². The van der Waals surface area contributed by atoms with Gasteiger partial charge in [-0.25, -0.2) is 4.39 Å². The zero-order valence-electron chi connectivity index (χ0n) is 13.4. The number of aliphatic hydroxyl groups excluding tert-OH is 1. The number of halogens is 1. The standard InChI is InChI=1S/C19H21FN2O2/c20-17-8-4-7-16(13-17)19(24)22-11-9-21(10-12-22)14-18(23)15-5-2-1-3-6-15/h1-8,13,18,23H,9-12,14H2. The van der Waals surface area contributed by atoms with E-state index < -0.39 is 11.9 Å². The predicted molar refractivity (Wildman–Crippen MR) is 90.1 cm³/mol. The molecule has 5 heteroatoms. The maximum Gasteiger partial charge on any atom is 0.254 e. The average molecular weight is 328 g/mol. The molecule has 0 spiro atoms. The van der Waals surface area contributed by atoms with Gasteiger partial charge in [-0.05, 0) is 23.8 Å². The Morgan fingerprint density at radius 2 is 1.75 bits per heavy atom. The van der Waals surface area contributed by atoms with Crippen molar-refractivity contribution in [2.24, 2.45) is 0 Å². The molecule has 1 N–H and O–H groups in total. The Labute approximate surface area is 141 Å². The summed E-state index contributed by atoms with van der Waals surface area (Å²) in [5, 5.41) is 10.3. The minimum Gasteiger partial charge on any atom is -0.387 e. The van der Waals surface area contributed by atoms with Crippen LogP contribution in [0.1, 0.15) is 22.0 Å². The lowest BCUT2D eigenvalue weighted by atomic mass is 10.1. The summed E-state index contributed by atoms with van der Waals surface area (Å²) in [6.45, 7) is 3.11. The lowest BCUT2D eigenvalue weighted by molar-refractivity contribution is 0.0527. The first-order valence-corrected chi connectivity index (χ1v) is 8.14. The molecule has 1 aliphatic heterocycles. The molecule has 0 saturated carbocycles. The van der Waals surface area contributed by atoms with Crippen molar-refractivity contribution in [2.75, 3.05) is 32.7 Å². The first kappa shape index (κ1) is 16.6. The van der Waals surface area contributed by atoms with E-state index in [9.17, 15) is 14.3 Å². The van der Waals surface area contributed by atoms with Gasteiger partial charge in [0, 0.05) is 38.3 Å². The Morgan fingerprint density at radius 3 is 2.42 bits per heavy atom. The van der Waals surface area contributed by atoms with Gasteiger partial charge in [0.1, 0.15) is 5.82 Å². The number of nitrogens with zero attached hydrogens (tertiary/aromatic N) is 2. The van der Waals surface area contributed by atoms with Gasteiger partial charge in [-0.1, -0.05) is 36.4 Å². The molecule has 1 amide bonds. The van der Waals surface area contributed by atoms with Crippen LogP contribution in [0.4, 0.5) is 4.39 Å². The van der Waals surface area contributed by atoms with Crippen LogP contribution < -0.4 is 0 Å². The molecule has 0 aliphatic carbocycles. The van der Waals surface area contributed by atoms with Crippen LogP contribution in [0.3, 0.4) is 0 Å². The van der Waals surface area contributed by atoms with Gasteiger partial charge in [-0.15, -0.1) is 0 Å². The van der Waals surface area contributed by atoms with Crippen molar-refractivity contribution in [2.45, 2.75) is 6.10 Å². The molecule has 1 unspecified atom stereocenters. The molecule has 1 saturated heterocycles. The number of hydrogen-bond acceptors (Lipinski definition) is 3. The SMILES string of the molecule is O=C(c1cccc(F)c1)N1CCN(CC(O)c2ccccc2)CC1. The monoisotopic (exact) mass is 328 g/mol. The fourth-order valence-electron chi connectivity index (χ4n) is 2.96. The van der Waals surface area contributed by atoms with Crippen LogP contribution in [0.15, 0.2) is 54.6 Å². The molecule has 0 bridgehead atoms. The summed E-state index contributed by atoms with van der Waals surface area (Å²) in [5.41, 5.74) is 1.28. The molecule has 1 atom stereocenters. The fourth-order valence-corrected chi connectivity index (χ4v) is 2.96. The normalized spacial score (nSPS) is 16.8. The van der Waals surface area contributed by atoms with E-state index in [-0.39, 0.29) is 5.91 Å². The first-order valence-electron chi connectivity index (χ1n) is 8.14. The third kappa shape index (κ3) is 3.99. The highest BCUT2D eigenvalue weighted by atomic mass is 19.1. The van der Waals surface area contributed by atoms with Gasteiger partial charge in [0.2, 0.25) is 0 Å². The summed E-state index contributed by atoms with van der Waals surface area (Å²) in [6.07, 6.45) is -0.531. The zero-order chi connectivity index (χ0) is 16.9. The molecule has 3 rings (SSSR count). The second kappa shape index (κ2) is 7.55. The highest BCUT2D eigenvalue weighted by Crippen LogP contribution is 2.16. The van der Waals surface area contributed by atoms with E-state index >= 15 is 0 Å². The number of amides is 1. The third-order valence-corrected chi connectivity index (χ3v) is 4.35. The number of carbonyl (C=O) groups excluding carboxylic acids is 1. The Morgan fingerprint density at radius 1 is 1.04 bits per heavy atom. The van der Waals surface area contributed by atoms with Gasteiger partial charge in [0.05, 0.1) is 6.10 Å². The second-order valence-electron chi connectivity index (χ2n) is 6.03. The summed E-state index contributed by atoms with van der Waals surface area (Å²) in [4.78, 5) is 16.3. The maximum absolute atomic E-state index is 13.3. The fraction of sp³-hybridized carbons (Fsp3) is 0.316. The van der Waals surface area contributed by atoms with Crippen molar-refractivity contribution in [3.05, 3.63) is 71.5 Å². The number of piperazine rings is 1. The van der Waals surface area contributed by atoms with Crippen molar-refractivity contribution in [1.29, 1.82) is 0 Å². The molecule has 1 heterocycles. The van der Waals surface area contributed by atoms with Crippen molar-refractivity contribution in [1.82, 2.24) is 9.80 Å². The van der Waals surface area contributed by atoms with Crippen LogP contribution >= 0.6 is 0 Å². The van der Waals surface area contributed by atoms with E-state index in [0.29, 0.717) is 38.3 Å². The van der Waals surface area contributed by atoms with E-state index in [0.717, 1.165) is 5.56 Å². The van der Waals surface area contributed by atoms with Crippen molar-refractivity contribution in [3.63, 3.8) is 0 Å². The Hall–Kier alpha value is -2.24. The van der Waals surface area contributed by atoms with Crippen molar-refractivity contribution in [3.8, 4) is 0 Å². The number of hydrogen-bond donors (Lipinski definition) is 1. The lowest BCUT2D eigenvalue weighted by Gasteiger charge is -2.35. The van der Waals surface area contributed by atoms with E-state index in [1.54, 1.807) is 17.0 Å². The number of aliphatic hydroxyl groups is 1. The smallest absolute Gasteiger partial charge is 0.254 e. The van der Waals surface area contributed by atoms with Gasteiger partial charge >= 0.3 is 0 Å². The summed E-state index contributed by atoms with van der Waals surface area (Å²) >= 11 is 0. The minimum atomic E-state index is -0.531. The van der Waals surface area contributed by atoms with Crippen LogP contribution in [0, 0.1) is 5.82 Å². The molecule has 2 aromatic carbocycles. The van der Waals surface area contributed by atoms with Crippen LogP contribution in [-0.4, -0.2) is 53.5 Å². The summed E-state index contributed by atoms with van der Waals surface area (Å²) in [6, 6.07) is 15.4. The van der Waals surface area contributed by atoms with Gasteiger partial charge in [-0.3, -0.25) is 9.69 Å². The maximum atomic E-state index is 13.3. The quantitative estimate of drug-likeness (QED) is 0.937. The first-order chi connectivity index (χ1) is 11.6. The number of benzene rings is 2. The molecular weight excluding hydrogens is 307 g/mol. The van der Waals surface area contributed by atoms with E-state index in [4.69, 9.17) is 0 Å². The Kier molecular flexibility index (Phi) is 5.23. The number of β-amino-alcohol motifs (C(OH)–C–C–N with tert-alkyl or cyclic N) is 1. The van der Waals surface area contributed by atoms with Gasteiger partial charge in [0.15, 0.2) is 0 Å². The average Bonchev–Trinajstić information content (AvgIpc) is 2.62. The van der Waals surface area contributed by atoms with Gasteiger partial charge in [-0.2, -0.15) is 0 Å². The molecule has 24 heavy (non-hydrogen) atoms. The molecule has 0 radical (unpaired) electrons. The van der Waals surface area contributed by atoms with Crippen LogP contribution in [0.25, 0.3) is 0 Å². The summed E-state index contributed by atoms with van der Waals surface area (Å²) in [7, 11) is 0. The molecule has 126 valence electrons. The largest absolute Gasteiger partial charge is 0.387 e. The topological polar surface area (TPSA) is 43.8 Å². The molecule has 0 aromatic heterocycles. The summed E-state index contributed by atoms with van der Waals surface area (Å²) in [5.74, 6) is -0.539. The highest BCUT2D eigenvalue weighted by Gasteiger charge is 2.23. The zero-order valence-corrected chi connectivity index (χ0v) is 13.4. The van der Waals surface area contributed by atoms with Crippen LogP contribution in [0.5, 0.6) is 0 Å². The van der Waals surface area contributed by atoms with E-state index in [1.165, 1.54) is 12.1 Å². The molecule has 4 nitrogen and oxygen atoms in total.